The number of piperazine rings is 1. The summed E-state index contributed by atoms with van der Waals surface area (Å²) in [5, 5.41) is 4.74. The van der Waals surface area contributed by atoms with Crippen molar-refractivity contribution in [2.45, 2.75) is 38.8 Å². The molecule has 2 fully saturated rings. The molecule has 7 heteroatoms. The summed E-state index contributed by atoms with van der Waals surface area (Å²) in [7, 11) is 1.81. The van der Waals surface area contributed by atoms with Gasteiger partial charge in [0.05, 0.1) is 30.0 Å². The van der Waals surface area contributed by atoms with Crippen molar-refractivity contribution in [3.8, 4) is 0 Å². The van der Waals surface area contributed by atoms with Crippen molar-refractivity contribution in [1.29, 1.82) is 0 Å². The van der Waals surface area contributed by atoms with Crippen LogP contribution < -0.4 is 0 Å². The number of hydrogen-bond acceptors (Lipinski definition) is 4. The van der Waals surface area contributed by atoms with E-state index in [1.165, 1.54) is 0 Å². The predicted octanol–water partition coefficient (Wildman–Crippen LogP) is 1.71. The lowest BCUT2D eigenvalue weighted by atomic mass is 10.0. The fraction of sp³-hybridized carbons (Fsp3) is 0.750. The fourth-order valence-electron chi connectivity index (χ4n) is 3.57. The molecule has 2 saturated heterocycles. The Morgan fingerprint density at radius 3 is 2.83 bits per heavy atom. The largest absolute Gasteiger partial charge is 0.378 e. The lowest BCUT2D eigenvalue weighted by Crippen LogP contribution is -2.62. The molecule has 2 aliphatic rings. The molecule has 0 N–H and O–H groups in total. The van der Waals surface area contributed by atoms with E-state index in [2.05, 4.69) is 16.9 Å². The number of fused-ring (bicyclic) bond motifs is 1. The number of aryl methyl sites for hydroxylation is 1. The highest BCUT2D eigenvalue weighted by Crippen LogP contribution is 2.25. The van der Waals surface area contributed by atoms with Crippen LogP contribution in [0.15, 0.2) is 0 Å². The van der Waals surface area contributed by atoms with Crippen LogP contribution in [-0.4, -0.2) is 70.4 Å². The van der Waals surface area contributed by atoms with E-state index in [1.807, 2.05) is 11.8 Å². The molecule has 2 aliphatic heterocycles. The number of aromatic nitrogens is 2. The fourth-order valence-corrected chi connectivity index (χ4v) is 3.81. The minimum Gasteiger partial charge on any atom is -0.378 e. The first-order chi connectivity index (χ1) is 11.0. The second-order valence-electron chi connectivity index (χ2n) is 6.49. The summed E-state index contributed by atoms with van der Waals surface area (Å²) in [4.78, 5) is 17.2. The Morgan fingerprint density at radius 1 is 1.39 bits per heavy atom. The van der Waals surface area contributed by atoms with Crippen LogP contribution in [0.4, 0.5) is 0 Å². The normalized spacial score (nSPS) is 25.5. The first-order valence-electron chi connectivity index (χ1n) is 8.34. The van der Waals surface area contributed by atoms with Crippen molar-refractivity contribution >= 4 is 17.5 Å². The lowest BCUT2D eigenvalue weighted by molar-refractivity contribution is -0.0777. The third-order valence-corrected chi connectivity index (χ3v) is 5.44. The molecule has 0 unspecified atom stereocenters. The van der Waals surface area contributed by atoms with Crippen LogP contribution in [0.25, 0.3) is 0 Å². The molecule has 128 valence electrons. The van der Waals surface area contributed by atoms with Crippen molar-refractivity contribution in [2.75, 3.05) is 32.8 Å². The summed E-state index contributed by atoms with van der Waals surface area (Å²) in [5.74, 6) is -0.0732. The predicted molar refractivity (Wildman–Crippen MR) is 88.9 cm³/mol. The van der Waals surface area contributed by atoms with Gasteiger partial charge in [-0.1, -0.05) is 24.9 Å². The molecular weight excluding hydrogens is 316 g/mol. The zero-order chi connectivity index (χ0) is 16.6. The molecule has 6 nitrogen and oxygen atoms in total. The molecule has 0 bridgehead atoms. The number of amides is 1. The molecule has 1 amide bonds. The van der Waals surface area contributed by atoms with E-state index in [0.29, 0.717) is 29.9 Å². The van der Waals surface area contributed by atoms with Crippen LogP contribution in [0.2, 0.25) is 5.02 Å². The Kier molecular flexibility index (Phi) is 4.94. The van der Waals surface area contributed by atoms with E-state index < -0.39 is 0 Å². The molecule has 0 aliphatic carbocycles. The number of carbonyl (C=O) groups excluding carboxylic acids is 1. The quantitative estimate of drug-likeness (QED) is 0.840. The highest BCUT2D eigenvalue weighted by atomic mass is 35.5. The van der Waals surface area contributed by atoms with Gasteiger partial charge in [-0.2, -0.15) is 5.10 Å². The monoisotopic (exact) mass is 340 g/mol. The number of carbonyl (C=O) groups is 1. The van der Waals surface area contributed by atoms with Gasteiger partial charge in [0.15, 0.2) is 5.69 Å². The van der Waals surface area contributed by atoms with E-state index in [4.69, 9.17) is 16.3 Å². The minimum atomic E-state index is -0.0732. The topological polar surface area (TPSA) is 50.6 Å². The van der Waals surface area contributed by atoms with E-state index in [0.717, 1.165) is 38.2 Å². The molecule has 0 aromatic carbocycles. The Balaban J connectivity index is 1.71. The number of nitrogens with zero attached hydrogens (tertiary/aromatic N) is 4. The first kappa shape index (κ1) is 16.7. The third kappa shape index (κ3) is 3.12. The smallest absolute Gasteiger partial charge is 0.276 e. The Morgan fingerprint density at radius 2 is 2.17 bits per heavy atom. The van der Waals surface area contributed by atoms with Gasteiger partial charge in [0.2, 0.25) is 0 Å². The van der Waals surface area contributed by atoms with Crippen LogP contribution in [0.3, 0.4) is 0 Å². The lowest BCUT2D eigenvalue weighted by Gasteiger charge is -2.47. The standard InChI is InChI=1S/C16H25ClN4O2/c1-4-5-12-9-23-10-13-8-20(6-7-21(12)13)16(22)15-14(17)11(2)19(3)18-15/h12-13H,4-10H2,1-3H3/t12-,13+/m0/s1. The van der Waals surface area contributed by atoms with Crippen LogP contribution in [0.1, 0.15) is 35.9 Å². The van der Waals surface area contributed by atoms with Gasteiger partial charge in [-0.15, -0.1) is 0 Å². The first-order valence-corrected chi connectivity index (χ1v) is 8.72. The van der Waals surface area contributed by atoms with Crippen molar-refractivity contribution < 1.29 is 9.53 Å². The zero-order valence-corrected chi connectivity index (χ0v) is 14.8. The number of halogens is 1. The van der Waals surface area contributed by atoms with Crippen molar-refractivity contribution in [3.05, 3.63) is 16.4 Å². The summed E-state index contributed by atoms with van der Waals surface area (Å²) in [6, 6.07) is 0.762. The van der Waals surface area contributed by atoms with Crippen LogP contribution >= 0.6 is 11.6 Å². The summed E-state index contributed by atoms with van der Waals surface area (Å²) in [6.45, 7) is 7.88. The Bertz CT molecular complexity index is 587. The zero-order valence-electron chi connectivity index (χ0n) is 14.1. The maximum absolute atomic E-state index is 12.8. The summed E-state index contributed by atoms with van der Waals surface area (Å²) < 4.78 is 7.42. The highest BCUT2D eigenvalue weighted by molar-refractivity contribution is 6.34. The molecule has 3 rings (SSSR count). The molecule has 0 radical (unpaired) electrons. The van der Waals surface area contributed by atoms with Gasteiger partial charge in [0, 0.05) is 32.7 Å². The number of ether oxygens (including phenoxy) is 1. The Hall–Kier alpha value is -1.11. The highest BCUT2D eigenvalue weighted by Gasteiger charge is 2.37. The number of rotatable bonds is 3. The molecule has 0 spiro atoms. The van der Waals surface area contributed by atoms with Gasteiger partial charge >= 0.3 is 0 Å². The van der Waals surface area contributed by atoms with Crippen LogP contribution in [0.5, 0.6) is 0 Å². The van der Waals surface area contributed by atoms with Gasteiger partial charge in [0.1, 0.15) is 0 Å². The van der Waals surface area contributed by atoms with Gasteiger partial charge in [0.25, 0.3) is 5.91 Å². The van der Waals surface area contributed by atoms with Crippen LogP contribution in [0, 0.1) is 6.92 Å². The molecule has 23 heavy (non-hydrogen) atoms. The summed E-state index contributed by atoms with van der Waals surface area (Å²) in [5.41, 5.74) is 1.18. The second kappa shape index (κ2) is 6.79. The molecule has 2 atom stereocenters. The van der Waals surface area contributed by atoms with Crippen LogP contribution in [-0.2, 0) is 11.8 Å². The van der Waals surface area contributed by atoms with Gasteiger partial charge in [-0.25, -0.2) is 0 Å². The number of morpholine rings is 1. The molecule has 3 heterocycles. The summed E-state index contributed by atoms with van der Waals surface area (Å²) in [6.07, 6.45) is 2.30. The van der Waals surface area contributed by atoms with Gasteiger partial charge in [-0.05, 0) is 13.3 Å². The second-order valence-corrected chi connectivity index (χ2v) is 6.87. The summed E-state index contributed by atoms with van der Waals surface area (Å²) >= 11 is 6.26. The van der Waals surface area contributed by atoms with E-state index in [9.17, 15) is 4.79 Å². The SMILES string of the molecule is CCC[C@H]1COC[C@H]2CN(C(=O)c3nn(C)c(C)c3Cl)CCN12. The van der Waals surface area contributed by atoms with E-state index in [1.54, 1.807) is 11.7 Å². The maximum atomic E-state index is 12.8. The molecule has 1 aromatic rings. The Labute approximate surface area is 142 Å². The molecule has 0 saturated carbocycles. The van der Waals surface area contributed by atoms with Crippen molar-refractivity contribution in [3.63, 3.8) is 0 Å². The average molecular weight is 341 g/mol. The number of hydrogen-bond donors (Lipinski definition) is 0. The molecule has 1 aromatic heterocycles. The van der Waals surface area contributed by atoms with E-state index >= 15 is 0 Å². The van der Waals surface area contributed by atoms with Gasteiger partial charge in [-0.3, -0.25) is 14.4 Å². The van der Waals surface area contributed by atoms with Gasteiger partial charge < -0.3 is 9.64 Å². The average Bonchev–Trinajstić information content (AvgIpc) is 2.82. The van der Waals surface area contributed by atoms with E-state index in [-0.39, 0.29) is 11.9 Å². The maximum Gasteiger partial charge on any atom is 0.276 e. The third-order valence-electron chi connectivity index (χ3n) is 4.99. The van der Waals surface area contributed by atoms with Crippen molar-refractivity contribution in [1.82, 2.24) is 19.6 Å². The molecular formula is C16H25ClN4O2. The van der Waals surface area contributed by atoms with Crippen molar-refractivity contribution in [2.24, 2.45) is 7.05 Å². The minimum absolute atomic E-state index is 0.0732.